The third-order valence-electron chi connectivity index (χ3n) is 3.48. The topological polar surface area (TPSA) is 72.9 Å². The van der Waals surface area contributed by atoms with Gasteiger partial charge >= 0.3 is 6.73 Å². The maximum atomic E-state index is 12.2. The lowest BCUT2D eigenvalue weighted by Gasteiger charge is -2.07. The van der Waals surface area contributed by atoms with Gasteiger partial charge < -0.3 is 14.4 Å². The molecule has 0 aliphatic rings. The molecule has 0 aliphatic carbocycles. The first-order valence-electron chi connectivity index (χ1n) is 7.12. The van der Waals surface area contributed by atoms with E-state index in [0.717, 1.165) is 0 Å². The number of aryl methyl sites for hydroxylation is 1. The number of hydrogen-bond acceptors (Lipinski definition) is 4. The molecule has 0 saturated carbocycles. The number of allylic oxidation sites excluding steroid dienone is 1. The number of carbonyl (C=O) groups is 1. The highest BCUT2D eigenvalue weighted by atomic mass is 16.5. The highest BCUT2D eigenvalue weighted by Crippen LogP contribution is 2.17. The molecule has 0 saturated heterocycles. The number of ether oxygens (including phenoxy) is 1. The van der Waals surface area contributed by atoms with Crippen LogP contribution in [0.2, 0.25) is 0 Å². The largest absolute Gasteiger partial charge is 0.507 e. The van der Waals surface area contributed by atoms with Crippen molar-refractivity contribution in [2.24, 2.45) is 7.05 Å². The zero-order valence-corrected chi connectivity index (χ0v) is 13.3. The second kappa shape index (κ2) is 7.29. The van der Waals surface area contributed by atoms with Gasteiger partial charge in [0.25, 0.3) is 5.56 Å². The number of nitrogens with zero attached hydrogens (tertiary/aromatic N) is 2. The number of carbonyl (C=O) groups excluding carboxylic acids is 1. The number of aromatic hydroxyl groups is 1. The van der Waals surface area contributed by atoms with Crippen molar-refractivity contribution in [1.29, 1.82) is 0 Å². The SMILES string of the molecule is [C-]#[N+]COc1cccc(/C=C/C(=O)c2c(O)cc(C)n(C)c2=O)c1. The minimum atomic E-state index is -0.583. The first-order valence-corrected chi connectivity index (χ1v) is 7.12. The highest BCUT2D eigenvalue weighted by Gasteiger charge is 2.16. The molecular weight excluding hydrogens is 308 g/mol. The monoisotopic (exact) mass is 324 g/mol. The highest BCUT2D eigenvalue weighted by molar-refractivity contribution is 6.08. The van der Waals surface area contributed by atoms with Gasteiger partial charge in [-0.2, -0.15) is 0 Å². The Bertz CT molecular complexity index is 904. The van der Waals surface area contributed by atoms with E-state index < -0.39 is 11.3 Å². The molecule has 1 N–H and O–H groups in total. The van der Waals surface area contributed by atoms with Crippen LogP contribution in [-0.4, -0.2) is 22.2 Å². The Morgan fingerprint density at radius 2 is 2.17 bits per heavy atom. The van der Waals surface area contributed by atoms with E-state index in [1.54, 1.807) is 31.2 Å². The van der Waals surface area contributed by atoms with E-state index in [1.165, 1.54) is 29.8 Å². The molecule has 6 heteroatoms. The molecule has 0 fully saturated rings. The Hall–Kier alpha value is -3.33. The van der Waals surface area contributed by atoms with Crippen LogP contribution in [0.5, 0.6) is 11.5 Å². The quantitative estimate of drug-likeness (QED) is 0.521. The van der Waals surface area contributed by atoms with E-state index in [9.17, 15) is 14.7 Å². The summed E-state index contributed by atoms with van der Waals surface area (Å²) in [6.07, 6.45) is 2.74. The van der Waals surface area contributed by atoms with Crippen LogP contribution in [-0.2, 0) is 7.05 Å². The third kappa shape index (κ3) is 3.70. The standard InChI is InChI=1S/C18H16N2O4/c1-12-9-16(22)17(18(23)20(12)3)15(21)8-7-13-5-4-6-14(10-13)24-11-19-2/h4-10,22H,11H2,1,3H3/b8-7+. The molecule has 0 amide bonds. The molecule has 1 aromatic carbocycles. The molecule has 2 aromatic rings. The third-order valence-corrected chi connectivity index (χ3v) is 3.48. The summed E-state index contributed by atoms with van der Waals surface area (Å²) in [5.41, 5.74) is 0.424. The van der Waals surface area contributed by atoms with Crippen LogP contribution >= 0.6 is 0 Å². The molecule has 0 bridgehead atoms. The van der Waals surface area contributed by atoms with E-state index in [1.807, 2.05) is 0 Å². The van der Waals surface area contributed by atoms with Gasteiger partial charge in [0.05, 0.1) is 0 Å². The van der Waals surface area contributed by atoms with Crippen molar-refractivity contribution in [3.63, 3.8) is 0 Å². The number of ketones is 1. The lowest BCUT2D eigenvalue weighted by atomic mass is 10.1. The smallest absolute Gasteiger partial charge is 0.357 e. The predicted octanol–water partition coefficient (Wildman–Crippen LogP) is 2.55. The van der Waals surface area contributed by atoms with E-state index in [4.69, 9.17) is 11.3 Å². The van der Waals surface area contributed by atoms with Gasteiger partial charge in [0, 0.05) is 18.8 Å². The second-order valence-electron chi connectivity index (χ2n) is 5.11. The first kappa shape index (κ1) is 17.0. The van der Waals surface area contributed by atoms with E-state index in [-0.39, 0.29) is 18.0 Å². The van der Waals surface area contributed by atoms with Gasteiger partial charge in [0.2, 0.25) is 0 Å². The normalized spacial score (nSPS) is 10.5. The number of aromatic nitrogens is 1. The van der Waals surface area contributed by atoms with E-state index in [2.05, 4.69) is 4.85 Å². The molecule has 122 valence electrons. The molecule has 0 atom stereocenters. The van der Waals surface area contributed by atoms with E-state index in [0.29, 0.717) is 17.0 Å². The van der Waals surface area contributed by atoms with Gasteiger partial charge in [-0.15, -0.1) is 0 Å². The van der Waals surface area contributed by atoms with Gasteiger partial charge in [-0.3, -0.25) is 14.4 Å². The molecule has 24 heavy (non-hydrogen) atoms. The predicted molar refractivity (Wildman–Crippen MR) is 90.0 cm³/mol. The molecule has 0 spiro atoms. The summed E-state index contributed by atoms with van der Waals surface area (Å²) >= 11 is 0. The molecule has 6 nitrogen and oxygen atoms in total. The van der Waals surface area contributed by atoms with Crippen LogP contribution in [0.3, 0.4) is 0 Å². The lowest BCUT2D eigenvalue weighted by Crippen LogP contribution is -2.25. The first-order chi connectivity index (χ1) is 11.4. The number of hydrogen-bond donors (Lipinski definition) is 1. The summed E-state index contributed by atoms with van der Waals surface area (Å²) in [6, 6.07) is 8.22. The summed E-state index contributed by atoms with van der Waals surface area (Å²) < 4.78 is 6.49. The molecule has 0 unspecified atom stereocenters. The fraction of sp³-hybridized carbons (Fsp3) is 0.167. The minimum absolute atomic E-state index is 0.0839. The molecule has 0 radical (unpaired) electrons. The van der Waals surface area contributed by atoms with Crippen molar-refractivity contribution < 1.29 is 14.6 Å². The molecule has 1 heterocycles. The van der Waals surface area contributed by atoms with Crippen LogP contribution in [0.4, 0.5) is 0 Å². The lowest BCUT2D eigenvalue weighted by molar-refractivity contribution is 0.104. The molecule has 0 aliphatic heterocycles. The van der Waals surface area contributed by atoms with Gasteiger partial charge in [-0.05, 0) is 30.7 Å². The van der Waals surface area contributed by atoms with Crippen molar-refractivity contribution in [3.05, 3.63) is 75.0 Å². The number of benzene rings is 1. The number of pyridine rings is 1. The van der Waals surface area contributed by atoms with Gasteiger partial charge in [0.15, 0.2) is 5.78 Å². The average Bonchev–Trinajstić information content (AvgIpc) is 2.56. The summed E-state index contributed by atoms with van der Waals surface area (Å²) in [7, 11) is 1.54. The van der Waals surface area contributed by atoms with Crippen molar-refractivity contribution >= 4 is 11.9 Å². The summed E-state index contributed by atoms with van der Waals surface area (Å²) in [4.78, 5) is 27.5. The molecule has 2 rings (SSSR count). The van der Waals surface area contributed by atoms with Crippen molar-refractivity contribution in [2.45, 2.75) is 6.92 Å². The summed E-state index contributed by atoms with van der Waals surface area (Å²) in [5, 5.41) is 9.89. The van der Waals surface area contributed by atoms with Crippen LogP contribution in [0.25, 0.3) is 10.9 Å². The van der Waals surface area contributed by atoms with E-state index >= 15 is 0 Å². The Morgan fingerprint density at radius 3 is 2.88 bits per heavy atom. The average molecular weight is 324 g/mol. The summed E-state index contributed by atoms with van der Waals surface area (Å²) in [6.45, 7) is 8.28. The Morgan fingerprint density at radius 1 is 1.42 bits per heavy atom. The van der Waals surface area contributed by atoms with Crippen molar-refractivity contribution in [3.8, 4) is 11.5 Å². The molecular formula is C18H16N2O4. The van der Waals surface area contributed by atoms with Gasteiger partial charge in [0.1, 0.15) is 17.1 Å². The van der Waals surface area contributed by atoms with Crippen LogP contribution < -0.4 is 10.3 Å². The Kier molecular flexibility index (Phi) is 5.17. The van der Waals surface area contributed by atoms with Gasteiger partial charge in [-0.1, -0.05) is 18.2 Å². The maximum absolute atomic E-state index is 12.2. The Labute approximate surface area is 139 Å². The van der Waals surface area contributed by atoms with Crippen LogP contribution in [0.15, 0.2) is 41.2 Å². The van der Waals surface area contributed by atoms with Crippen LogP contribution in [0.1, 0.15) is 21.6 Å². The second-order valence-corrected chi connectivity index (χ2v) is 5.11. The zero-order chi connectivity index (χ0) is 17.7. The summed E-state index contributed by atoms with van der Waals surface area (Å²) in [5.74, 6) is -0.408. The fourth-order valence-corrected chi connectivity index (χ4v) is 2.11. The zero-order valence-electron chi connectivity index (χ0n) is 13.3. The minimum Gasteiger partial charge on any atom is -0.507 e. The molecule has 1 aromatic heterocycles. The van der Waals surface area contributed by atoms with Crippen molar-refractivity contribution in [2.75, 3.05) is 6.73 Å². The maximum Gasteiger partial charge on any atom is 0.357 e. The van der Waals surface area contributed by atoms with Crippen LogP contribution in [0, 0.1) is 13.5 Å². The van der Waals surface area contributed by atoms with Gasteiger partial charge in [-0.25, -0.2) is 6.57 Å². The van der Waals surface area contributed by atoms with Crippen molar-refractivity contribution in [1.82, 2.24) is 4.57 Å². The fourth-order valence-electron chi connectivity index (χ4n) is 2.11. The number of rotatable bonds is 5. The Balaban J connectivity index is 2.28.